The number of ether oxygens (including phenoxy) is 7. The van der Waals surface area contributed by atoms with Gasteiger partial charge in [0.2, 0.25) is 11.8 Å². The molecule has 0 radical (unpaired) electrons. The van der Waals surface area contributed by atoms with Gasteiger partial charge in [-0.15, -0.1) is 0 Å². The number of aromatic nitrogens is 12. The van der Waals surface area contributed by atoms with Crippen LogP contribution in [0.1, 0.15) is 163 Å². The topological polar surface area (TPSA) is 209 Å². The molecule has 0 unspecified atom stereocenters. The fourth-order valence-corrected chi connectivity index (χ4v) is 5.69. The van der Waals surface area contributed by atoms with Crippen molar-refractivity contribution in [3.8, 4) is 23.3 Å². The summed E-state index contributed by atoms with van der Waals surface area (Å²) in [5.41, 5.74) is 1.06. The van der Waals surface area contributed by atoms with Gasteiger partial charge in [0.05, 0.1) is 81.5 Å². The lowest BCUT2D eigenvalue weighted by atomic mass is 9.99. The lowest BCUT2D eigenvalue weighted by molar-refractivity contribution is -0.00160. The average molecular weight is 1150 g/mol. The molecule has 2 N–H and O–H groups in total. The largest absolute Gasteiger partial charge is 0.485 e. The van der Waals surface area contributed by atoms with E-state index in [2.05, 4.69) is 92.1 Å². The van der Waals surface area contributed by atoms with Crippen molar-refractivity contribution >= 4 is 0 Å². The van der Waals surface area contributed by atoms with Crippen LogP contribution < -0.4 is 18.9 Å². The number of rotatable bonds is 13. The molecule has 7 heterocycles. The van der Waals surface area contributed by atoms with E-state index in [1.54, 1.807) is 77.3 Å². The van der Waals surface area contributed by atoms with E-state index in [0.717, 1.165) is 41.9 Å². The predicted molar refractivity (Wildman–Crippen MR) is 323 cm³/mol. The second kappa shape index (κ2) is 35.3. The molecule has 0 spiro atoms. The van der Waals surface area contributed by atoms with Crippen LogP contribution in [0.15, 0.2) is 110 Å². The third-order valence-corrected chi connectivity index (χ3v) is 8.68. The second-order valence-corrected chi connectivity index (χ2v) is 26.1. The van der Waals surface area contributed by atoms with Gasteiger partial charge in [-0.1, -0.05) is 47.6 Å². The molecule has 82 heavy (non-hydrogen) atoms. The minimum Gasteiger partial charge on any atom is -0.485 e. The maximum atomic E-state index is 13.1. The molecule has 0 saturated carbocycles. The van der Waals surface area contributed by atoms with Crippen molar-refractivity contribution in [2.45, 2.75) is 193 Å². The summed E-state index contributed by atoms with van der Waals surface area (Å²) in [5.74, 6) is 3.66. The van der Waals surface area contributed by atoms with E-state index in [1.807, 2.05) is 154 Å². The molecule has 0 bridgehead atoms. The first-order valence-corrected chi connectivity index (χ1v) is 27.5. The molecular weight excluding hydrogens is 1040 g/mol. The van der Waals surface area contributed by atoms with Crippen molar-refractivity contribution in [2.24, 2.45) is 24.9 Å². The standard InChI is InChI=1S/C11H16FNO.C11H17NO.C10H16N2O.2C8H14N2O.2C7H12N2O/c1-11(2,3)8-14-7-10-9(12)5-4-6-13-10;1-11(2,3)9-13-8-10-6-4-5-7-12-10;1-10(2,3)13-8-5-9-11-6-4-7-12-9;1-8(2,3)11-7-5-9-10(4)6-7;1-8(2,3)11-7-5-6-9-10(7)4;1-7(2,3)10-6-4-8-9-5-6;1-7(2,3)10-6-4-5-8-9-6/h4-6H,7-8H2,1-3H3;4-7H,8-9H2,1-3H3;4,6-7H,5,8H2,1-3H3;2*5-6H,1-4H3;2*4-5H,1-3H3,(H,8,9). The summed E-state index contributed by atoms with van der Waals surface area (Å²) in [6.45, 7) is 45.8. The maximum absolute atomic E-state index is 13.1. The van der Waals surface area contributed by atoms with Gasteiger partial charge in [-0.05, 0) is 145 Å². The van der Waals surface area contributed by atoms with E-state index in [1.165, 1.54) is 6.07 Å². The number of H-pyrrole nitrogens is 2. The maximum Gasteiger partial charge on any atom is 0.211 e. The highest BCUT2D eigenvalue weighted by Gasteiger charge is 2.16. The van der Waals surface area contributed by atoms with Crippen LogP contribution in [0.5, 0.6) is 23.3 Å². The first-order chi connectivity index (χ1) is 37.8. The van der Waals surface area contributed by atoms with Crippen molar-refractivity contribution in [1.29, 1.82) is 0 Å². The van der Waals surface area contributed by atoms with Gasteiger partial charge in [0, 0.05) is 57.4 Å². The van der Waals surface area contributed by atoms with Crippen LogP contribution in [0.4, 0.5) is 4.39 Å². The first-order valence-electron chi connectivity index (χ1n) is 27.5. The van der Waals surface area contributed by atoms with Gasteiger partial charge in [-0.25, -0.2) is 24.1 Å². The third kappa shape index (κ3) is 43.0. The molecule has 19 nitrogen and oxygen atoms in total. The van der Waals surface area contributed by atoms with Gasteiger partial charge < -0.3 is 33.2 Å². The Bertz CT molecular complexity index is 2550. The van der Waals surface area contributed by atoms with Gasteiger partial charge in [0.25, 0.3) is 0 Å². The van der Waals surface area contributed by atoms with Gasteiger partial charge in [-0.3, -0.25) is 19.7 Å². The second-order valence-electron chi connectivity index (χ2n) is 26.1. The molecule has 0 fully saturated rings. The fraction of sp³-hybridized carbons (Fsp3) is 0.581. The molecule has 0 atom stereocenters. The van der Waals surface area contributed by atoms with E-state index in [0.29, 0.717) is 31.4 Å². The molecule has 7 aromatic heterocycles. The number of aryl methyl sites for hydroxylation is 2. The van der Waals surface area contributed by atoms with Crippen molar-refractivity contribution in [1.82, 2.24) is 59.9 Å². The zero-order valence-corrected chi connectivity index (χ0v) is 53.8. The van der Waals surface area contributed by atoms with E-state index in [4.69, 9.17) is 33.2 Å². The van der Waals surface area contributed by atoms with Gasteiger partial charge >= 0.3 is 0 Å². The van der Waals surface area contributed by atoms with Gasteiger partial charge in [0.15, 0.2) is 11.5 Å². The quantitative estimate of drug-likeness (QED) is 0.110. The Morgan fingerprint density at radius 2 is 1.09 bits per heavy atom. The molecule has 0 aliphatic heterocycles. The Hall–Kier alpha value is -6.77. The summed E-state index contributed by atoms with van der Waals surface area (Å²) in [5, 5.41) is 20.9. The summed E-state index contributed by atoms with van der Waals surface area (Å²) in [7, 11) is 3.73. The Morgan fingerprint density at radius 1 is 0.512 bits per heavy atom. The summed E-state index contributed by atoms with van der Waals surface area (Å²) < 4.78 is 54.9. The Morgan fingerprint density at radius 3 is 1.54 bits per heavy atom. The van der Waals surface area contributed by atoms with Gasteiger partial charge in [-0.2, -0.15) is 20.4 Å². The highest BCUT2D eigenvalue weighted by molar-refractivity contribution is 5.13. The minimum atomic E-state index is -0.304. The van der Waals surface area contributed by atoms with Crippen LogP contribution >= 0.6 is 0 Å². The molecule has 7 aromatic rings. The number of pyridine rings is 2. The zero-order chi connectivity index (χ0) is 62.3. The van der Waals surface area contributed by atoms with Crippen LogP contribution in [-0.4, -0.2) is 108 Å². The smallest absolute Gasteiger partial charge is 0.211 e. The molecule has 7 rings (SSSR count). The number of hydrogen-bond donors (Lipinski definition) is 2. The number of hydrogen-bond acceptors (Lipinski definition) is 15. The van der Waals surface area contributed by atoms with E-state index >= 15 is 0 Å². The lowest BCUT2D eigenvalue weighted by Crippen LogP contribution is -2.24. The lowest BCUT2D eigenvalue weighted by Gasteiger charge is -2.20. The minimum absolute atomic E-state index is 0.0746. The summed E-state index contributed by atoms with van der Waals surface area (Å²) in [4.78, 5) is 16.3. The molecule has 0 aromatic carbocycles. The van der Waals surface area contributed by atoms with Gasteiger partial charge in [0.1, 0.15) is 39.7 Å². The SMILES string of the molecule is CC(C)(C)COCc1ccccn1.CC(C)(C)COCc1ncccc1F.CC(C)(C)OCCc1ncccn1.CC(C)(C)Oc1ccn[nH]1.CC(C)(C)Oc1cn[nH]c1.Cn1cc(OC(C)(C)C)cn1.Cn1nccc1OC(C)(C)C. The van der Waals surface area contributed by atoms with Crippen LogP contribution in [0.3, 0.4) is 0 Å². The first kappa shape index (κ1) is 73.2. The third-order valence-electron chi connectivity index (χ3n) is 8.68. The van der Waals surface area contributed by atoms with Crippen molar-refractivity contribution in [3.05, 3.63) is 134 Å². The number of nitrogens with zero attached hydrogens (tertiary/aromatic N) is 10. The summed E-state index contributed by atoms with van der Waals surface area (Å²) in [6.07, 6.45) is 18.0. The normalized spacial score (nSPS) is 11.6. The van der Waals surface area contributed by atoms with Crippen LogP contribution in [0.25, 0.3) is 0 Å². The molecule has 0 aliphatic rings. The number of halogens is 1. The number of nitrogens with one attached hydrogen (secondary N) is 2. The Kier molecular flexibility index (Phi) is 31.5. The summed E-state index contributed by atoms with van der Waals surface area (Å²) >= 11 is 0. The zero-order valence-electron chi connectivity index (χ0n) is 53.8. The monoisotopic (exact) mass is 1140 g/mol. The van der Waals surface area contributed by atoms with Crippen molar-refractivity contribution in [3.63, 3.8) is 0 Å². The molecule has 20 heteroatoms. The van der Waals surface area contributed by atoms with Crippen LogP contribution in [-0.2, 0) is 47.9 Å². The van der Waals surface area contributed by atoms with E-state index < -0.39 is 0 Å². The predicted octanol–water partition coefficient (Wildman–Crippen LogP) is 13.6. The van der Waals surface area contributed by atoms with E-state index in [-0.39, 0.29) is 51.3 Å². The van der Waals surface area contributed by atoms with Crippen molar-refractivity contribution in [2.75, 3.05) is 19.8 Å². The van der Waals surface area contributed by atoms with Crippen LogP contribution in [0, 0.1) is 16.6 Å². The highest BCUT2D eigenvalue weighted by Crippen LogP contribution is 2.19. The highest BCUT2D eigenvalue weighted by atomic mass is 19.1. The average Bonchev–Trinajstić information content (AvgIpc) is 4.19. The molecular formula is C62H101FN12O7. The van der Waals surface area contributed by atoms with Crippen molar-refractivity contribution < 1.29 is 37.5 Å². The molecule has 0 aliphatic carbocycles. The fourth-order valence-electron chi connectivity index (χ4n) is 5.69. The molecule has 458 valence electrons. The van der Waals surface area contributed by atoms with Crippen LogP contribution in [0.2, 0.25) is 0 Å². The Labute approximate surface area is 490 Å². The number of aromatic amines is 2. The summed E-state index contributed by atoms with van der Waals surface area (Å²) in [6, 6.07) is 14.3. The molecule has 0 saturated heterocycles. The van der Waals surface area contributed by atoms with E-state index in [9.17, 15) is 4.39 Å². The Balaban J connectivity index is 0.000000480. The molecule has 0 amide bonds.